The Kier molecular flexibility index (Phi) is 7.23. The fourth-order valence-electron chi connectivity index (χ4n) is 4.23. The molecule has 0 bridgehead atoms. The third kappa shape index (κ3) is 5.36. The minimum Gasteiger partial charge on any atom is -0.492 e. The van der Waals surface area contributed by atoms with Crippen molar-refractivity contribution in [2.24, 2.45) is 0 Å². The van der Waals surface area contributed by atoms with E-state index < -0.39 is 6.04 Å². The molecule has 1 aromatic heterocycles. The molecular weight excluding hydrogens is 534 g/mol. The van der Waals surface area contributed by atoms with Crippen molar-refractivity contribution >= 4 is 33.5 Å². The lowest BCUT2D eigenvalue weighted by atomic mass is 9.95. The molecule has 1 amide bonds. The van der Waals surface area contributed by atoms with Crippen LogP contribution in [0.15, 0.2) is 94.9 Å². The van der Waals surface area contributed by atoms with Crippen LogP contribution in [-0.4, -0.2) is 27.3 Å². The number of rotatable bonds is 8. The molecule has 2 heterocycles. The number of hydrogen-bond acceptors (Lipinski definition) is 6. The van der Waals surface area contributed by atoms with E-state index in [0.717, 1.165) is 21.3 Å². The molecule has 0 fully saturated rings. The van der Waals surface area contributed by atoms with Crippen LogP contribution in [0.1, 0.15) is 31.0 Å². The Labute approximate surface area is 223 Å². The molecule has 0 spiro atoms. The van der Waals surface area contributed by atoms with Crippen LogP contribution in [0.2, 0.25) is 0 Å². The van der Waals surface area contributed by atoms with Gasteiger partial charge in [0.25, 0.3) is 5.91 Å². The van der Waals surface area contributed by atoms with E-state index in [9.17, 15) is 4.79 Å². The number of anilines is 2. The van der Waals surface area contributed by atoms with Crippen molar-refractivity contribution in [1.82, 2.24) is 14.8 Å². The van der Waals surface area contributed by atoms with E-state index >= 15 is 0 Å². The fraction of sp³-hybridized carbons (Fsp3) is 0.179. The second kappa shape index (κ2) is 10.9. The molecule has 188 valence electrons. The van der Waals surface area contributed by atoms with Crippen LogP contribution >= 0.6 is 15.9 Å². The third-order valence-corrected chi connectivity index (χ3v) is 6.52. The maximum absolute atomic E-state index is 13.6. The van der Waals surface area contributed by atoms with Crippen molar-refractivity contribution in [3.63, 3.8) is 0 Å². The second-order valence-corrected chi connectivity index (χ2v) is 9.38. The summed E-state index contributed by atoms with van der Waals surface area (Å²) in [5.74, 6) is 1.67. The second-order valence-electron chi connectivity index (χ2n) is 8.46. The highest BCUT2D eigenvalue weighted by atomic mass is 79.9. The van der Waals surface area contributed by atoms with E-state index in [1.807, 2.05) is 86.6 Å². The predicted molar refractivity (Wildman–Crippen MR) is 146 cm³/mol. The molecule has 0 saturated heterocycles. The first-order chi connectivity index (χ1) is 18.0. The van der Waals surface area contributed by atoms with Gasteiger partial charge in [-0.3, -0.25) is 4.79 Å². The summed E-state index contributed by atoms with van der Waals surface area (Å²) in [7, 11) is 0. The van der Waals surface area contributed by atoms with Crippen LogP contribution in [0.5, 0.6) is 11.5 Å². The zero-order valence-electron chi connectivity index (χ0n) is 20.4. The van der Waals surface area contributed by atoms with Gasteiger partial charge >= 0.3 is 0 Å². The first-order valence-corrected chi connectivity index (χ1v) is 12.7. The standard InChI is InChI=1S/C28H26BrN5O3/c1-3-36-24-7-5-4-6-23(24)33-27(35)25-18(2)32-28-30-17-31-34(28)26(25)20-10-14-22(15-11-20)37-16-19-8-12-21(29)13-9-19/h4-15,17,26H,3,16H2,1-2H3,(H,33,35)(H,30,31,32). The molecule has 5 rings (SSSR count). The van der Waals surface area contributed by atoms with E-state index in [-0.39, 0.29) is 5.91 Å². The van der Waals surface area contributed by atoms with E-state index in [1.165, 1.54) is 6.33 Å². The SMILES string of the molecule is CCOc1ccccc1NC(=O)C1=C(C)Nc2ncnn2C1c1ccc(OCc2ccc(Br)cc2)cc1. The number of fused-ring (bicyclic) bond motifs is 1. The van der Waals surface area contributed by atoms with Gasteiger partial charge in [0.15, 0.2) is 0 Å². The van der Waals surface area contributed by atoms with Gasteiger partial charge in [-0.2, -0.15) is 10.1 Å². The van der Waals surface area contributed by atoms with Crippen molar-refractivity contribution < 1.29 is 14.3 Å². The number of benzene rings is 3. The van der Waals surface area contributed by atoms with Gasteiger partial charge in [0.05, 0.1) is 17.9 Å². The highest BCUT2D eigenvalue weighted by Gasteiger charge is 2.33. The quantitative estimate of drug-likeness (QED) is 0.277. The van der Waals surface area contributed by atoms with Crippen molar-refractivity contribution in [2.75, 3.05) is 17.2 Å². The van der Waals surface area contributed by atoms with Gasteiger partial charge < -0.3 is 20.1 Å². The first kappa shape index (κ1) is 24.6. The summed E-state index contributed by atoms with van der Waals surface area (Å²) >= 11 is 3.45. The van der Waals surface area contributed by atoms with Crippen LogP contribution in [0.25, 0.3) is 0 Å². The normalized spacial score (nSPS) is 14.5. The third-order valence-electron chi connectivity index (χ3n) is 5.99. The number of hydrogen-bond donors (Lipinski definition) is 2. The van der Waals surface area contributed by atoms with Gasteiger partial charge in [0.1, 0.15) is 30.5 Å². The molecule has 0 radical (unpaired) electrons. The number of carbonyl (C=O) groups is 1. The van der Waals surface area contributed by atoms with Gasteiger partial charge in [0, 0.05) is 10.2 Å². The van der Waals surface area contributed by atoms with Crippen molar-refractivity contribution in [1.29, 1.82) is 0 Å². The molecule has 0 aliphatic carbocycles. The Morgan fingerprint density at radius 3 is 2.57 bits per heavy atom. The minimum absolute atomic E-state index is 0.251. The average molecular weight is 560 g/mol. The Balaban J connectivity index is 1.41. The van der Waals surface area contributed by atoms with Gasteiger partial charge in [-0.15, -0.1) is 0 Å². The maximum atomic E-state index is 13.6. The summed E-state index contributed by atoms with van der Waals surface area (Å²) in [6, 6.07) is 22.6. The molecule has 0 saturated carbocycles. The largest absolute Gasteiger partial charge is 0.492 e. The van der Waals surface area contributed by atoms with Crippen LogP contribution in [0.4, 0.5) is 11.6 Å². The number of amides is 1. The number of para-hydroxylation sites is 2. The number of halogens is 1. The van der Waals surface area contributed by atoms with Crippen LogP contribution in [-0.2, 0) is 11.4 Å². The Morgan fingerprint density at radius 1 is 1.05 bits per heavy atom. The smallest absolute Gasteiger partial charge is 0.255 e. The van der Waals surface area contributed by atoms with E-state index in [2.05, 4.69) is 36.6 Å². The van der Waals surface area contributed by atoms with Crippen LogP contribution in [0, 0.1) is 0 Å². The van der Waals surface area contributed by atoms with E-state index in [4.69, 9.17) is 9.47 Å². The molecule has 1 aliphatic rings. The lowest BCUT2D eigenvalue weighted by Gasteiger charge is -2.29. The lowest BCUT2D eigenvalue weighted by molar-refractivity contribution is -0.113. The average Bonchev–Trinajstić information content (AvgIpc) is 3.37. The Hall–Kier alpha value is -4.11. The lowest BCUT2D eigenvalue weighted by Crippen LogP contribution is -2.31. The van der Waals surface area contributed by atoms with Crippen LogP contribution < -0.4 is 20.1 Å². The summed E-state index contributed by atoms with van der Waals surface area (Å²) < 4.78 is 14.4. The van der Waals surface area contributed by atoms with Crippen molar-refractivity contribution in [3.8, 4) is 11.5 Å². The Bertz CT molecular complexity index is 1430. The van der Waals surface area contributed by atoms with Gasteiger partial charge in [-0.05, 0) is 61.4 Å². The summed E-state index contributed by atoms with van der Waals surface area (Å²) in [5, 5.41) is 10.6. The van der Waals surface area contributed by atoms with Gasteiger partial charge in [-0.25, -0.2) is 4.68 Å². The van der Waals surface area contributed by atoms with E-state index in [1.54, 1.807) is 4.68 Å². The number of aromatic nitrogens is 3. The van der Waals surface area contributed by atoms with Crippen LogP contribution in [0.3, 0.4) is 0 Å². The molecule has 37 heavy (non-hydrogen) atoms. The zero-order valence-corrected chi connectivity index (χ0v) is 22.0. The van der Waals surface area contributed by atoms with Crippen molar-refractivity contribution in [2.45, 2.75) is 26.5 Å². The fourth-order valence-corrected chi connectivity index (χ4v) is 4.49. The maximum Gasteiger partial charge on any atom is 0.255 e. The molecule has 3 aromatic carbocycles. The highest BCUT2D eigenvalue weighted by Crippen LogP contribution is 2.36. The summed E-state index contributed by atoms with van der Waals surface area (Å²) in [6.45, 7) is 4.73. The number of allylic oxidation sites excluding steroid dienone is 1. The first-order valence-electron chi connectivity index (χ1n) is 11.9. The topological polar surface area (TPSA) is 90.3 Å². The summed E-state index contributed by atoms with van der Waals surface area (Å²) in [4.78, 5) is 18.0. The number of nitrogens with zero attached hydrogens (tertiary/aromatic N) is 3. The molecule has 1 aliphatic heterocycles. The number of nitrogens with one attached hydrogen (secondary N) is 2. The molecule has 1 atom stereocenters. The van der Waals surface area contributed by atoms with E-state index in [0.29, 0.717) is 41.9 Å². The molecule has 8 nitrogen and oxygen atoms in total. The summed E-state index contributed by atoms with van der Waals surface area (Å²) in [5.41, 5.74) is 3.80. The highest BCUT2D eigenvalue weighted by molar-refractivity contribution is 9.10. The van der Waals surface area contributed by atoms with Crippen molar-refractivity contribution in [3.05, 3.63) is 106 Å². The number of ether oxygens (including phenoxy) is 2. The molecular formula is C28H26BrN5O3. The molecule has 4 aromatic rings. The molecule has 1 unspecified atom stereocenters. The minimum atomic E-state index is -0.474. The Morgan fingerprint density at radius 2 is 1.81 bits per heavy atom. The van der Waals surface area contributed by atoms with Gasteiger partial charge in [-0.1, -0.05) is 52.3 Å². The van der Waals surface area contributed by atoms with Gasteiger partial charge in [0.2, 0.25) is 5.95 Å². The summed E-state index contributed by atoms with van der Waals surface area (Å²) in [6.07, 6.45) is 1.48. The molecule has 9 heteroatoms. The zero-order chi connectivity index (χ0) is 25.8. The predicted octanol–water partition coefficient (Wildman–Crippen LogP) is 5.95. The molecule has 2 N–H and O–H groups in total. The number of carbonyl (C=O) groups excluding carboxylic acids is 1. The monoisotopic (exact) mass is 559 g/mol.